The van der Waals surface area contributed by atoms with Crippen LogP contribution in [0.25, 0.3) is 11.0 Å². The molecule has 46 heavy (non-hydrogen) atoms. The fourth-order valence-electron chi connectivity index (χ4n) is 6.79. The zero-order chi connectivity index (χ0) is 32.4. The highest BCUT2D eigenvalue weighted by Crippen LogP contribution is 2.40. The van der Waals surface area contributed by atoms with Gasteiger partial charge in [0.15, 0.2) is 0 Å². The van der Waals surface area contributed by atoms with Crippen LogP contribution >= 0.6 is 0 Å². The molecule has 11 heteroatoms. The van der Waals surface area contributed by atoms with Crippen molar-refractivity contribution in [3.05, 3.63) is 75.3 Å². The van der Waals surface area contributed by atoms with E-state index in [0.717, 1.165) is 74.2 Å². The third-order valence-electron chi connectivity index (χ3n) is 10.1. The van der Waals surface area contributed by atoms with Gasteiger partial charge in [-0.25, -0.2) is 4.68 Å². The number of ether oxygens (including phenoxy) is 3. The Bertz CT molecular complexity index is 1830. The molecule has 3 aliphatic rings. The molecule has 4 heterocycles. The molecule has 3 aromatic carbocycles. The second kappa shape index (κ2) is 11.4. The first-order valence-corrected chi connectivity index (χ1v) is 15.9. The molecule has 240 valence electrons. The number of rotatable bonds is 8. The van der Waals surface area contributed by atoms with Gasteiger partial charge in [0.05, 0.1) is 43.0 Å². The average Bonchev–Trinajstić information content (AvgIpc) is 3.81. The van der Waals surface area contributed by atoms with Gasteiger partial charge in [-0.05, 0) is 80.0 Å². The molecule has 0 amide bonds. The molecule has 1 fully saturated rings. The Morgan fingerprint density at radius 3 is 2.37 bits per heavy atom. The summed E-state index contributed by atoms with van der Waals surface area (Å²) in [6, 6.07) is 12.1. The second-order valence-electron chi connectivity index (χ2n) is 13.6. The smallest absolute Gasteiger partial charge is 0.493 e. The van der Waals surface area contributed by atoms with Crippen molar-refractivity contribution in [2.75, 3.05) is 13.2 Å². The number of carbonyl (C=O) groups excluding carboxylic acids is 1. The highest BCUT2D eigenvalue weighted by molar-refractivity contribution is 6.62. The molecule has 0 bridgehead atoms. The van der Waals surface area contributed by atoms with Gasteiger partial charge in [0, 0.05) is 36.9 Å². The maximum Gasteiger partial charge on any atom is 0.494 e. The van der Waals surface area contributed by atoms with Crippen LogP contribution in [0.2, 0.25) is 0 Å². The minimum Gasteiger partial charge on any atom is -0.493 e. The molecule has 1 unspecified atom stereocenters. The lowest BCUT2D eigenvalue weighted by atomic mass is 9.77. The molecule has 10 nitrogen and oxygen atoms in total. The Morgan fingerprint density at radius 2 is 1.67 bits per heavy atom. The average molecular weight is 626 g/mol. The van der Waals surface area contributed by atoms with E-state index >= 15 is 0 Å². The number of fused-ring (bicyclic) bond motifs is 3. The van der Waals surface area contributed by atoms with Crippen LogP contribution in [-0.2, 0) is 51.9 Å². The summed E-state index contributed by atoms with van der Waals surface area (Å²) in [6.45, 7) is 11.2. The molecule has 1 aromatic heterocycles. The standard InChI is InChI=1S/C35H40BN3O7/c1-20-27(7-8-29-31(20)37-38-39(29)6)28(23-13-21-9-11-42-32(21)24(14-23)18-40)17-30(41)44-19-25-16-26(15-22-10-12-43-33(22)25)36-45-34(2,3)35(4,5)46-36/h7-8,13-16,28,40H,9-12,17-19H2,1-6H3. The summed E-state index contributed by atoms with van der Waals surface area (Å²) in [6.07, 6.45) is 1.61. The Kier molecular flexibility index (Phi) is 7.61. The quantitative estimate of drug-likeness (QED) is 0.227. The molecule has 4 aromatic rings. The van der Waals surface area contributed by atoms with E-state index in [0.29, 0.717) is 18.8 Å². The number of aliphatic hydroxyl groups is 1. The largest absolute Gasteiger partial charge is 0.494 e. The monoisotopic (exact) mass is 625 g/mol. The molecule has 1 atom stereocenters. The van der Waals surface area contributed by atoms with Crippen LogP contribution in [0.4, 0.5) is 0 Å². The molecule has 0 saturated carbocycles. The van der Waals surface area contributed by atoms with E-state index in [1.165, 1.54) is 0 Å². The van der Waals surface area contributed by atoms with Gasteiger partial charge in [-0.1, -0.05) is 29.5 Å². The Hall–Kier alpha value is -3.93. The third kappa shape index (κ3) is 5.24. The summed E-state index contributed by atoms with van der Waals surface area (Å²) >= 11 is 0. The van der Waals surface area contributed by atoms with Crippen molar-refractivity contribution in [1.82, 2.24) is 15.0 Å². The predicted molar refractivity (Wildman–Crippen MR) is 172 cm³/mol. The maximum atomic E-state index is 13.7. The van der Waals surface area contributed by atoms with Crippen LogP contribution in [0.15, 0.2) is 36.4 Å². The number of carbonyl (C=O) groups is 1. The minimum absolute atomic E-state index is 0.0589. The summed E-state index contributed by atoms with van der Waals surface area (Å²) in [7, 11) is 1.33. The van der Waals surface area contributed by atoms with E-state index < -0.39 is 18.3 Å². The summed E-state index contributed by atoms with van der Waals surface area (Å²) in [5.41, 5.74) is 8.07. The molecule has 1 saturated heterocycles. The highest BCUT2D eigenvalue weighted by atomic mass is 16.7. The molecular formula is C35H40BN3O7. The van der Waals surface area contributed by atoms with Crippen molar-refractivity contribution in [3.8, 4) is 11.5 Å². The van der Waals surface area contributed by atoms with E-state index in [9.17, 15) is 9.90 Å². The van der Waals surface area contributed by atoms with Crippen LogP contribution in [0.1, 0.15) is 79.0 Å². The molecule has 0 aliphatic carbocycles. The van der Waals surface area contributed by atoms with Crippen LogP contribution in [0.5, 0.6) is 11.5 Å². The Labute approximate surface area is 269 Å². The molecule has 0 radical (unpaired) electrons. The first-order chi connectivity index (χ1) is 22.0. The molecule has 0 spiro atoms. The summed E-state index contributed by atoms with van der Waals surface area (Å²) in [5, 5.41) is 18.8. The molecule has 3 aliphatic heterocycles. The van der Waals surface area contributed by atoms with Crippen LogP contribution < -0.4 is 14.9 Å². The van der Waals surface area contributed by atoms with E-state index in [2.05, 4.69) is 22.4 Å². The lowest BCUT2D eigenvalue weighted by Crippen LogP contribution is -2.41. The summed E-state index contributed by atoms with van der Waals surface area (Å²) in [4.78, 5) is 13.7. The zero-order valence-electron chi connectivity index (χ0n) is 27.3. The van der Waals surface area contributed by atoms with Crippen LogP contribution in [-0.4, -0.2) is 57.6 Å². The fourth-order valence-corrected chi connectivity index (χ4v) is 6.79. The first-order valence-electron chi connectivity index (χ1n) is 15.9. The third-order valence-corrected chi connectivity index (χ3v) is 10.1. The predicted octanol–water partition coefficient (Wildman–Crippen LogP) is 4.20. The normalized spacial score (nSPS) is 18.3. The molecular weight excluding hydrogens is 585 g/mol. The van der Waals surface area contributed by atoms with Gasteiger partial charge < -0.3 is 28.6 Å². The Balaban J connectivity index is 1.18. The topological polar surface area (TPSA) is 114 Å². The number of hydrogen-bond donors (Lipinski definition) is 1. The lowest BCUT2D eigenvalue weighted by molar-refractivity contribution is -0.145. The van der Waals surface area contributed by atoms with Crippen LogP contribution in [0, 0.1) is 6.92 Å². The number of aryl methyl sites for hydroxylation is 2. The number of benzene rings is 3. The van der Waals surface area contributed by atoms with E-state index in [-0.39, 0.29) is 31.5 Å². The van der Waals surface area contributed by atoms with E-state index in [1.54, 1.807) is 4.68 Å². The number of aliphatic hydroxyl groups excluding tert-OH is 1. The van der Waals surface area contributed by atoms with Crippen molar-refractivity contribution < 1.29 is 33.4 Å². The van der Waals surface area contributed by atoms with Crippen molar-refractivity contribution in [2.24, 2.45) is 7.05 Å². The van der Waals surface area contributed by atoms with E-state index in [4.69, 9.17) is 23.5 Å². The molecule has 7 rings (SSSR count). The van der Waals surface area contributed by atoms with Crippen molar-refractivity contribution in [3.63, 3.8) is 0 Å². The van der Waals surface area contributed by atoms with Crippen LogP contribution in [0.3, 0.4) is 0 Å². The summed E-state index contributed by atoms with van der Waals surface area (Å²) < 4.78 is 32.2. The highest BCUT2D eigenvalue weighted by Gasteiger charge is 2.52. The SMILES string of the molecule is Cc1c(C(CC(=O)OCc2cc(B3OC(C)(C)C(C)(C)O3)cc3c2OCC3)c2cc(CO)c3c(c2)CCO3)ccc2c1nnn2C. The maximum absolute atomic E-state index is 13.7. The molecule has 1 N–H and O–H groups in total. The Morgan fingerprint density at radius 1 is 1.00 bits per heavy atom. The van der Waals surface area contributed by atoms with Crippen molar-refractivity contribution in [1.29, 1.82) is 0 Å². The number of aromatic nitrogens is 3. The van der Waals surface area contributed by atoms with Gasteiger partial charge in [0.1, 0.15) is 23.6 Å². The fraction of sp³-hybridized carbons (Fsp3) is 0.457. The van der Waals surface area contributed by atoms with Gasteiger partial charge in [0.25, 0.3) is 0 Å². The number of hydrogen-bond acceptors (Lipinski definition) is 9. The van der Waals surface area contributed by atoms with E-state index in [1.807, 2.05) is 65.9 Å². The summed E-state index contributed by atoms with van der Waals surface area (Å²) in [5.74, 6) is 0.816. The number of esters is 1. The minimum atomic E-state index is -0.529. The van der Waals surface area contributed by atoms with Crippen molar-refractivity contribution in [2.45, 2.75) is 84.2 Å². The van der Waals surface area contributed by atoms with Gasteiger partial charge in [-0.3, -0.25) is 4.79 Å². The zero-order valence-corrected chi connectivity index (χ0v) is 27.3. The van der Waals surface area contributed by atoms with Gasteiger partial charge in [-0.2, -0.15) is 0 Å². The van der Waals surface area contributed by atoms with Gasteiger partial charge >= 0.3 is 13.1 Å². The first kappa shape index (κ1) is 30.7. The van der Waals surface area contributed by atoms with Gasteiger partial charge in [-0.15, -0.1) is 5.10 Å². The lowest BCUT2D eigenvalue weighted by Gasteiger charge is -2.32. The second-order valence-corrected chi connectivity index (χ2v) is 13.6. The van der Waals surface area contributed by atoms with Gasteiger partial charge in [0.2, 0.25) is 0 Å². The number of nitrogens with zero attached hydrogens (tertiary/aromatic N) is 3. The van der Waals surface area contributed by atoms with Crippen molar-refractivity contribution >= 4 is 29.6 Å².